The first-order valence-corrected chi connectivity index (χ1v) is 5.53. The van der Waals surface area contributed by atoms with E-state index in [0.29, 0.717) is 6.54 Å². The van der Waals surface area contributed by atoms with Gasteiger partial charge in [0.2, 0.25) is 0 Å². The second kappa shape index (κ2) is 5.85. The number of carboxylic acids is 1. The smallest absolute Gasteiger partial charge is 0.358 e. The van der Waals surface area contributed by atoms with E-state index in [-0.39, 0.29) is 11.4 Å². The molecule has 104 valence electrons. The first-order valence-electron chi connectivity index (χ1n) is 5.53. The number of aromatic nitrogens is 2. The Balaban J connectivity index is 2.80. The highest BCUT2D eigenvalue weighted by Crippen LogP contribution is 2.13. The number of urea groups is 1. The van der Waals surface area contributed by atoms with Crippen LogP contribution in [0.2, 0.25) is 0 Å². The predicted octanol–water partition coefficient (Wildman–Crippen LogP) is -0.430. The van der Waals surface area contributed by atoms with Crippen LogP contribution in [0.3, 0.4) is 0 Å². The molecule has 3 amide bonds. The Bertz CT molecular complexity index is 510. The number of carbonyl (C=O) groups excluding carboxylic acids is 2. The minimum Gasteiger partial charge on any atom is -0.476 e. The van der Waals surface area contributed by atoms with Crippen LogP contribution >= 0.6 is 0 Å². The SMILES string of the molecule is CCNC(=O)NC(=O)C(C)n1cc(N)c(C(=O)O)n1. The first kappa shape index (κ1) is 14.5. The molecule has 0 saturated carbocycles. The molecule has 0 fully saturated rings. The molecule has 1 unspecified atom stereocenters. The molecular weight excluding hydrogens is 254 g/mol. The van der Waals surface area contributed by atoms with Crippen LogP contribution in [0.1, 0.15) is 30.4 Å². The van der Waals surface area contributed by atoms with Crippen molar-refractivity contribution in [1.29, 1.82) is 0 Å². The van der Waals surface area contributed by atoms with Crippen molar-refractivity contribution < 1.29 is 19.5 Å². The van der Waals surface area contributed by atoms with Gasteiger partial charge in [0.25, 0.3) is 5.91 Å². The van der Waals surface area contributed by atoms with Crippen molar-refractivity contribution in [3.8, 4) is 0 Å². The van der Waals surface area contributed by atoms with E-state index in [0.717, 1.165) is 4.68 Å². The van der Waals surface area contributed by atoms with E-state index >= 15 is 0 Å². The van der Waals surface area contributed by atoms with Gasteiger partial charge in [-0.25, -0.2) is 9.59 Å². The van der Waals surface area contributed by atoms with E-state index in [4.69, 9.17) is 10.8 Å². The zero-order chi connectivity index (χ0) is 14.6. The van der Waals surface area contributed by atoms with Crippen LogP contribution in [-0.2, 0) is 4.79 Å². The Labute approximate surface area is 108 Å². The molecule has 1 heterocycles. The molecule has 19 heavy (non-hydrogen) atoms. The highest BCUT2D eigenvalue weighted by Gasteiger charge is 2.21. The van der Waals surface area contributed by atoms with Crippen molar-refractivity contribution in [2.75, 3.05) is 12.3 Å². The number of amides is 3. The van der Waals surface area contributed by atoms with E-state index in [1.165, 1.54) is 13.1 Å². The first-order chi connectivity index (χ1) is 8.86. The number of hydrogen-bond acceptors (Lipinski definition) is 5. The van der Waals surface area contributed by atoms with Crippen molar-refractivity contribution in [3.63, 3.8) is 0 Å². The number of nitrogens with two attached hydrogens (primary N) is 1. The van der Waals surface area contributed by atoms with E-state index < -0.39 is 23.9 Å². The van der Waals surface area contributed by atoms with Crippen LogP contribution in [-0.4, -0.2) is 39.3 Å². The minimum absolute atomic E-state index is 0.0508. The van der Waals surface area contributed by atoms with Gasteiger partial charge in [0.15, 0.2) is 5.69 Å². The molecule has 0 aliphatic carbocycles. The van der Waals surface area contributed by atoms with E-state index in [9.17, 15) is 14.4 Å². The number of imide groups is 1. The van der Waals surface area contributed by atoms with Crippen molar-refractivity contribution in [1.82, 2.24) is 20.4 Å². The topological polar surface area (TPSA) is 139 Å². The van der Waals surface area contributed by atoms with E-state index in [2.05, 4.69) is 15.7 Å². The van der Waals surface area contributed by atoms with Gasteiger partial charge in [0, 0.05) is 12.7 Å². The summed E-state index contributed by atoms with van der Waals surface area (Å²) in [5, 5.41) is 17.0. The fourth-order valence-electron chi connectivity index (χ4n) is 1.31. The summed E-state index contributed by atoms with van der Waals surface area (Å²) in [6.07, 6.45) is 1.23. The average molecular weight is 269 g/mol. The molecule has 1 aromatic heterocycles. The highest BCUT2D eigenvalue weighted by atomic mass is 16.4. The van der Waals surface area contributed by atoms with Gasteiger partial charge in [-0.15, -0.1) is 0 Å². The molecule has 1 atom stereocenters. The zero-order valence-electron chi connectivity index (χ0n) is 10.5. The van der Waals surface area contributed by atoms with Crippen molar-refractivity contribution in [3.05, 3.63) is 11.9 Å². The van der Waals surface area contributed by atoms with Gasteiger partial charge in [-0.3, -0.25) is 14.8 Å². The van der Waals surface area contributed by atoms with Gasteiger partial charge in [0.05, 0.1) is 5.69 Å². The summed E-state index contributed by atoms with van der Waals surface area (Å²) in [6.45, 7) is 3.55. The van der Waals surface area contributed by atoms with Crippen molar-refractivity contribution in [2.24, 2.45) is 0 Å². The number of hydrogen-bond donors (Lipinski definition) is 4. The number of nitrogens with one attached hydrogen (secondary N) is 2. The molecule has 0 saturated heterocycles. The summed E-state index contributed by atoms with van der Waals surface area (Å²) in [4.78, 5) is 33.6. The van der Waals surface area contributed by atoms with Crippen LogP contribution in [0.25, 0.3) is 0 Å². The molecule has 9 heteroatoms. The van der Waals surface area contributed by atoms with Gasteiger partial charge in [0.1, 0.15) is 6.04 Å². The summed E-state index contributed by atoms with van der Waals surface area (Å²) >= 11 is 0. The summed E-state index contributed by atoms with van der Waals surface area (Å²) in [6, 6.07) is -1.49. The molecular formula is C10H15N5O4. The maximum absolute atomic E-state index is 11.7. The molecule has 1 rings (SSSR count). The Kier molecular flexibility index (Phi) is 4.46. The van der Waals surface area contributed by atoms with E-state index in [1.807, 2.05) is 0 Å². The third-order valence-corrected chi connectivity index (χ3v) is 2.31. The van der Waals surface area contributed by atoms with E-state index in [1.54, 1.807) is 6.92 Å². The fourth-order valence-corrected chi connectivity index (χ4v) is 1.31. The third-order valence-electron chi connectivity index (χ3n) is 2.31. The van der Waals surface area contributed by atoms with Crippen molar-refractivity contribution in [2.45, 2.75) is 19.9 Å². The number of aromatic carboxylic acids is 1. The largest absolute Gasteiger partial charge is 0.476 e. The maximum Gasteiger partial charge on any atom is 0.358 e. The zero-order valence-corrected chi connectivity index (χ0v) is 10.5. The molecule has 0 spiro atoms. The lowest BCUT2D eigenvalue weighted by molar-refractivity contribution is -0.123. The number of carboxylic acid groups (broad SMARTS) is 1. The molecule has 1 aromatic rings. The second-order valence-corrected chi connectivity index (χ2v) is 3.74. The lowest BCUT2D eigenvalue weighted by atomic mass is 10.3. The number of carbonyl (C=O) groups is 3. The standard InChI is InChI=1S/C10H15N5O4/c1-3-12-10(19)13-8(16)5(2)15-4-6(11)7(14-15)9(17)18/h4-5H,3,11H2,1-2H3,(H,17,18)(H2,12,13,16,19). The molecule has 0 aromatic carbocycles. The lowest BCUT2D eigenvalue weighted by Crippen LogP contribution is -2.42. The molecule has 0 aliphatic heterocycles. The number of anilines is 1. The molecule has 0 radical (unpaired) electrons. The summed E-state index contributed by atoms with van der Waals surface area (Å²) in [5.74, 6) is -1.90. The monoisotopic (exact) mass is 269 g/mol. The fraction of sp³-hybridized carbons (Fsp3) is 0.400. The number of nitrogen functional groups attached to an aromatic ring is 1. The van der Waals surface area contributed by atoms with Gasteiger partial charge in [-0.05, 0) is 13.8 Å². The highest BCUT2D eigenvalue weighted by molar-refractivity contribution is 5.96. The average Bonchev–Trinajstić information content (AvgIpc) is 2.70. The summed E-state index contributed by atoms with van der Waals surface area (Å²) in [7, 11) is 0. The van der Waals surface area contributed by atoms with Crippen LogP contribution in [0, 0.1) is 0 Å². The Hall–Kier alpha value is -2.58. The van der Waals surface area contributed by atoms with Crippen LogP contribution in [0.15, 0.2) is 6.20 Å². The molecule has 0 aliphatic rings. The Morgan fingerprint density at radius 3 is 2.63 bits per heavy atom. The lowest BCUT2D eigenvalue weighted by Gasteiger charge is -2.11. The molecule has 9 nitrogen and oxygen atoms in total. The van der Waals surface area contributed by atoms with Gasteiger partial charge in [-0.1, -0.05) is 0 Å². The quantitative estimate of drug-likeness (QED) is 0.584. The predicted molar refractivity (Wildman–Crippen MR) is 65.5 cm³/mol. The van der Waals surface area contributed by atoms with Gasteiger partial charge in [-0.2, -0.15) is 5.10 Å². The Morgan fingerprint density at radius 2 is 2.16 bits per heavy atom. The van der Waals surface area contributed by atoms with Gasteiger partial charge < -0.3 is 16.2 Å². The number of nitrogens with zero attached hydrogens (tertiary/aromatic N) is 2. The van der Waals surface area contributed by atoms with Crippen LogP contribution < -0.4 is 16.4 Å². The number of rotatable bonds is 4. The van der Waals surface area contributed by atoms with Crippen molar-refractivity contribution >= 4 is 23.6 Å². The second-order valence-electron chi connectivity index (χ2n) is 3.74. The normalized spacial score (nSPS) is 11.7. The van der Waals surface area contributed by atoms with Crippen LogP contribution in [0.5, 0.6) is 0 Å². The molecule has 5 N–H and O–H groups in total. The molecule has 0 bridgehead atoms. The third kappa shape index (κ3) is 3.44. The minimum atomic E-state index is -1.28. The summed E-state index contributed by atoms with van der Waals surface area (Å²) < 4.78 is 1.09. The Morgan fingerprint density at radius 1 is 1.53 bits per heavy atom. The van der Waals surface area contributed by atoms with Gasteiger partial charge >= 0.3 is 12.0 Å². The summed E-state index contributed by atoms with van der Waals surface area (Å²) in [5.41, 5.74) is 5.07. The van der Waals surface area contributed by atoms with Crippen LogP contribution in [0.4, 0.5) is 10.5 Å². The maximum atomic E-state index is 11.7.